The molecule has 1 aromatic rings. The molecule has 0 spiro atoms. The molecule has 0 saturated carbocycles. The van der Waals surface area contributed by atoms with Gasteiger partial charge in [-0.2, -0.15) is 0 Å². The third kappa shape index (κ3) is 8.73. The Bertz CT molecular complexity index is 180. The summed E-state index contributed by atoms with van der Waals surface area (Å²) in [5, 5.41) is 0. The molecule has 0 aliphatic carbocycles. The number of nitrogens with zero attached hydrogens (tertiary/aromatic N) is 2. The monoisotopic (exact) mass is 163 g/mol. The Morgan fingerprint density at radius 3 is 1.73 bits per heavy atom. The first-order valence-corrected chi connectivity index (χ1v) is 2.57. The molecule has 0 aliphatic rings. The molecule has 1 aromatic heterocycles. The standard InChI is InChI=1S/C4H5N3.BF3/c5-4-6-2-1-3-7-4;2-1(3)4/h1-3H,(H2,5,6,7);. The average Bonchev–Trinajstić information content (AvgIpc) is 1.87. The fourth-order valence-corrected chi connectivity index (χ4v) is 0.311. The lowest BCUT2D eigenvalue weighted by Gasteiger charge is -1.82. The van der Waals surface area contributed by atoms with Crippen LogP contribution in [0.25, 0.3) is 0 Å². The number of hydrogen-bond acceptors (Lipinski definition) is 3. The van der Waals surface area contributed by atoms with Gasteiger partial charge in [-0.3, -0.25) is 12.9 Å². The Balaban J connectivity index is 0.000000218. The van der Waals surface area contributed by atoms with Gasteiger partial charge in [0.25, 0.3) is 0 Å². The smallest absolute Gasteiger partial charge is 0.368 e. The molecule has 0 bridgehead atoms. The van der Waals surface area contributed by atoms with Gasteiger partial charge in [0.1, 0.15) is 0 Å². The van der Waals surface area contributed by atoms with Crippen LogP contribution in [-0.4, -0.2) is 17.5 Å². The van der Waals surface area contributed by atoms with E-state index in [1.807, 2.05) is 0 Å². The van der Waals surface area contributed by atoms with Crippen molar-refractivity contribution in [2.24, 2.45) is 0 Å². The maximum Gasteiger partial charge on any atom is 0.762 e. The molecule has 0 fully saturated rings. The van der Waals surface area contributed by atoms with Gasteiger partial charge in [0.15, 0.2) is 0 Å². The number of nitrogen functional groups attached to an aromatic ring is 1. The SMILES string of the molecule is FB(F)F.Nc1ncccn1. The summed E-state index contributed by atoms with van der Waals surface area (Å²) >= 11 is 0. The molecule has 7 heteroatoms. The van der Waals surface area contributed by atoms with Crippen LogP contribution in [0.2, 0.25) is 0 Å². The third-order valence-electron chi connectivity index (χ3n) is 0.586. The first-order chi connectivity index (χ1) is 5.13. The van der Waals surface area contributed by atoms with Crippen molar-refractivity contribution >= 4 is 13.5 Å². The first kappa shape index (κ1) is 9.73. The predicted molar refractivity (Wildman–Crippen MR) is 35.5 cm³/mol. The van der Waals surface area contributed by atoms with Crippen molar-refractivity contribution in [1.29, 1.82) is 0 Å². The lowest BCUT2D eigenvalue weighted by atomic mass is 10.5. The van der Waals surface area contributed by atoms with Crippen LogP contribution in [0.15, 0.2) is 18.5 Å². The maximum absolute atomic E-state index is 9.67. The topological polar surface area (TPSA) is 51.8 Å². The highest BCUT2D eigenvalue weighted by atomic mass is 19.4. The predicted octanol–water partition coefficient (Wildman–Crippen LogP) is 0.939. The number of aromatic nitrogens is 2. The van der Waals surface area contributed by atoms with E-state index in [2.05, 4.69) is 9.97 Å². The minimum Gasteiger partial charge on any atom is -0.368 e. The molecule has 1 heterocycles. The Hall–Kier alpha value is -1.27. The van der Waals surface area contributed by atoms with Gasteiger partial charge in [0.2, 0.25) is 5.95 Å². The summed E-state index contributed by atoms with van der Waals surface area (Å²) in [5.74, 6) is 0.322. The molecule has 2 N–H and O–H groups in total. The van der Waals surface area contributed by atoms with E-state index in [0.717, 1.165) is 0 Å². The zero-order valence-electron chi connectivity index (χ0n) is 5.42. The molecule has 0 aromatic carbocycles. The lowest BCUT2D eigenvalue weighted by molar-refractivity contribution is 0.535. The number of nitrogens with two attached hydrogens (primary N) is 1. The molecule has 60 valence electrons. The zero-order valence-corrected chi connectivity index (χ0v) is 5.42. The van der Waals surface area contributed by atoms with Crippen molar-refractivity contribution in [2.45, 2.75) is 0 Å². The molecule has 0 saturated heterocycles. The van der Waals surface area contributed by atoms with Gasteiger partial charge in [-0.05, 0) is 6.07 Å². The Morgan fingerprint density at radius 2 is 1.55 bits per heavy atom. The van der Waals surface area contributed by atoms with Crippen molar-refractivity contribution < 1.29 is 12.9 Å². The summed E-state index contributed by atoms with van der Waals surface area (Å²) in [6, 6.07) is 1.72. The average molecular weight is 163 g/mol. The van der Waals surface area contributed by atoms with Crippen LogP contribution < -0.4 is 5.73 Å². The van der Waals surface area contributed by atoms with E-state index in [9.17, 15) is 12.9 Å². The number of halogens is 3. The quantitative estimate of drug-likeness (QED) is 0.578. The molecule has 3 nitrogen and oxygen atoms in total. The van der Waals surface area contributed by atoms with Gasteiger partial charge in [-0.25, -0.2) is 9.97 Å². The number of anilines is 1. The summed E-state index contributed by atoms with van der Waals surface area (Å²) in [7, 11) is -3.67. The highest BCUT2D eigenvalue weighted by Gasteiger charge is 2.06. The van der Waals surface area contributed by atoms with Gasteiger partial charge >= 0.3 is 7.54 Å². The van der Waals surface area contributed by atoms with Crippen molar-refractivity contribution in [1.82, 2.24) is 9.97 Å². The molecule has 0 amide bonds. The van der Waals surface area contributed by atoms with Crippen LogP contribution in [0.3, 0.4) is 0 Å². The first-order valence-electron chi connectivity index (χ1n) is 2.57. The summed E-state index contributed by atoms with van der Waals surface area (Å²) in [6.45, 7) is 0. The molecule has 11 heavy (non-hydrogen) atoms. The summed E-state index contributed by atoms with van der Waals surface area (Å²) < 4.78 is 29.0. The second-order valence-corrected chi connectivity index (χ2v) is 1.35. The van der Waals surface area contributed by atoms with Crippen LogP contribution in [0.1, 0.15) is 0 Å². The maximum atomic E-state index is 9.67. The number of hydrogen-bond donors (Lipinski definition) is 1. The van der Waals surface area contributed by atoms with E-state index in [4.69, 9.17) is 5.73 Å². The third-order valence-corrected chi connectivity index (χ3v) is 0.586. The Kier molecular flexibility index (Phi) is 4.88. The fraction of sp³-hybridized carbons (Fsp3) is 0. The van der Waals surface area contributed by atoms with Crippen LogP contribution in [-0.2, 0) is 0 Å². The van der Waals surface area contributed by atoms with E-state index in [-0.39, 0.29) is 0 Å². The Morgan fingerprint density at radius 1 is 1.18 bits per heavy atom. The van der Waals surface area contributed by atoms with E-state index in [1.165, 1.54) is 0 Å². The molecular formula is C4H5BF3N3. The second kappa shape index (κ2) is 5.51. The summed E-state index contributed by atoms with van der Waals surface area (Å²) in [6.07, 6.45) is 3.20. The van der Waals surface area contributed by atoms with Crippen LogP contribution in [0, 0.1) is 0 Å². The second-order valence-electron chi connectivity index (χ2n) is 1.35. The lowest BCUT2D eigenvalue weighted by Crippen LogP contribution is -1.90. The highest BCUT2D eigenvalue weighted by molar-refractivity contribution is 6.33. The summed E-state index contributed by atoms with van der Waals surface area (Å²) in [4.78, 5) is 7.29. The molecule has 1 rings (SSSR count). The van der Waals surface area contributed by atoms with Crippen LogP contribution in [0.5, 0.6) is 0 Å². The molecule has 0 unspecified atom stereocenters. The molecular weight excluding hydrogens is 158 g/mol. The van der Waals surface area contributed by atoms with Crippen molar-refractivity contribution in [3.63, 3.8) is 0 Å². The molecule has 0 atom stereocenters. The fourth-order valence-electron chi connectivity index (χ4n) is 0.311. The van der Waals surface area contributed by atoms with Gasteiger partial charge < -0.3 is 5.73 Å². The van der Waals surface area contributed by atoms with Gasteiger partial charge in [-0.15, -0.1) is 0 Å². The molecule has 0 aliphatic heterocycles. The van der Waals surface area contributed by atoms with Crippen LogP contribution >= 0.6 is 0 Å². The van der Waals surface area contributed by atoms with E-state index >= 15 is 0 Å². The number of rotatable bonds is 0. The Labute approximate surface area is 61.7 Å². The van der Waals surface area contributed by atoms with Crippen molar-refractivity contribution in [3.05, 3.63) is 18.5 Å². The van der Waals surface area contributed by atoms with E-state index in [0.29, 0.717) is 5.95 Å². The van der Waals surface area contributed by atoms with Crippen molar-refractivity contribution in [2.75, 3.05) is 5.73 Å². The summed E-state index contributed by atoms with van der Waals surface area (Å²) in [5.41, 5.74) is 5.14. The zero-order chi connectivity index (χ0) is 8.69. The normalized spacial score (nSPS) is 7.91. The van der Waals surface area contributed by atoms with Crippen LogP contribution in [0.4, 0.5) is 18.9 Å². The van der Waals surface area contributed by atoms with E-state index < -0.39 is 7.54 Å². The van der Waals surface area contributed by atoms with Crippen molar-refractivity contribution in [3.8, 4) is 0 Å². The van der Waals surface area contributed by atoms with Gasteiger partial charge in [0.05, 0.1) is 0 Å². The van der Waals surface area contributed by atoms with E-state index in [1.54, 1.807) is 18.5 Å². The minimum absolute atomic E-state index is 0.322. The molecule has 0 radical (unpaired) electrons. The van der Waals surface area contributed by atoms with Gasteiger partial charge in [-0.1, -0.05) is 0 Å². The largest absolute Gasteiger partial charge is 0.762 e. The highest BCUT2D eigenvalue weighted by Crippen LogP contribution is 1.81. The minimum atomic E-state index is -3.67. The van der Waals surface area contributed by atoms with Gasteiger partial charge in [0, 0.05) is 12.4 Å².